The summed E-state index contributed by atoms with van der Waals surface area (Å²) in [6.45, 7) is 1.89. The molecule has 0 atom stereocenters. The predicted octanol–water partition coefficient (Wildman–Crippen LogP) is 2.64. The Hall–Kier alpha value is -2.70. The van der Waals surface area contributed by atoms with Crippen LogP contribution >= 0.6 is 0 Å². The molecule has 2 N–H and O–H groups in total. The van der Waals surface area contributed by atoms with Crippen molar-refractivity contribution in [2.45, 2.75) is 57.4 Å². The maximum atomic E-state index is 13.0. The van der Waals surface area contributed by atoms with Gasteiger partial charge in [-0.05, 0) is 61.8 Å². The van der Waals surface area contributed by atoms with E-state index in [1.165, 1.54) is 0 Å². The normalized spacial score (nSPS) is 26.8. The van der Waals surface area contributed by atoms with Gasteiger partial charge in [-0.1, -0.05) is 13.3 Å². The van der Waals surface area contributed by atoms with Gasteiger partial charge in [0.05, 0.1) is 6.54 Å². The molecule has 1 spiro atoms. The zero-order chi connectivity index (χ0) is 19.9. The number of hydrogen-bond donors (Lipinski definition) is 2. The standard InChI is InChI=1S/C21H25N3O4/c1-2-13-7-9-21(10-8-13)19(27)24(20(28)23-21)12-17(25)15-3-5-16-14(11-15)4-6-18(26)22-16/h3,5,11,13H,2,4,6-10,12H2,1H3,(H,22,26)(H,23,28). The number of Topliss-reactive ketones (excluding diaryl/α,β-unsaturated/α-hetero) is 1. The van der Waals surface area contributed by atoms with Crippen molar-refractivity contribution >= 4 is 29.3 Å². The van der Waals surface area contributed by atoms with Crippen molar-refractivity contribution in [2.75, 3.05) is 11.9 Å². The maximum Gasteiger partial charge on any atom is 0.325 e. The second-order valence-electron chi connectivity index (χ2n) is 8.10. The fourth-order valence-electron chi connectivity index (χ4n) is 4.53. The summed E-state index contributed by atoms with van der Waals surface area (Å²) in [5, 5.41) is 5.64. The molecule has 0 unspecified atom stereocenters. The Morgan fingerprint density at radius 3 is 2.64 bits per heavy atom. The monoisotopic (exact) mass is 383 g/mol. The second-order valence-corrected chi connectivity index (χ2v) is 8.10. The number of amides is 4. The third-order valence-corrected chi connectivity index (χ3v) is 6.41. The van der Waals surface area contributed by atoms with Gasteiger partial charge in [0, 0.05) is 17.7 Å². The van der Waals surface area contributed by atoms with Gasteiger partial charge in [0.2, 0.25) is 5.91 Å². The number of benzene rings is 1. The third-order valence-electron chi connectivity index (χ3n) is 6.41. The lowest BCUT2D eigenvalue weighted by Crippen LogP contribution is -2.49. The van der Waals surface area contributed by atoms with E-state index in [1.807, 2.05) is 0 Å². The number of ketones is 1. The molecule has 0 aromatic heterocycles. The molecule has 0 bridgehead atoms. The lowest BCUT2D eigenvalue weighted by molar-refractivity contribution is -0.132. The van der Waals surface area contributed by atoms with Crippen molar-refractivity contribution in [2.24, 2.45) is 5.92 Å². The molecule has 7 nitrogen and oxygen atoms in total. The molecule has 28 heavy (non-hydrogen) atoms. The highest BCUT2D eigenvalue weighted by Gasteiger charge is 2.52. The largest absolute Gasteiger partial charge is 0.326 e. The first-order chi connectivity index (χ1) is 13.4. The summed E-state index contributed by atoms with van der Waals surface area (Å²) in [7, 11) is 0. The van der Waals surface area contributed by atoms with Gasteiger partial charge >= 0.3 is 6.03 Å². The molecule has 0 radical (unpaired) electrons. The van der Waals surface area contributed by atoms with E-state index >= 15 is 0 Å². The number of imide groups is 1. The average Bonchev–Trinajstić information content (AvgIpc) is 2.92. The number of hydrogen-bond acceptors (Lipinski definition) is 4. The Morgan fingerprint density at radius 1 is 1.18 bits per heavy atom. The van der Waals surface area contributed by atoms with E-state index in [0.29, 0.717) is 37.2 Å². The van der Waals surface area contributed by atoms with Crippen molar-refractivity contribution < 1.29 is 19.2 Å². The number of anilines is 1. The van der Waals surface area contributed by atoms with Crippen molar-refractivity contribution in [3.8, 4) is 0 Å². The first-order valence-corrected chi connectivity index (χ1v) is 10.0. The van der Waals surface area contributed by atoms with Crippen molar-refractivity contribution in [1.29, 1.82) is 0 Å². The van der Waals surface area contributed by atoms with Crippen LogP contribution in [0.2, 0.25) is 0 Å². The summed E-state index contributed by atoms with van der Waals surface area (Å²) in [6, 6.07) is 4.61. The molecule has 1 aromatic carbocycles. The highest BCUT2D eigenvalue weighted by Crippen LogP contribution is 2.37. The molecule has 3 aliphatic rings. The minimum Gasteiger partial charge on any atom is -0.326 e. The van der Waals surface area contributed by atoms with Crippen LogP contribution in [0.4, 0.5) is 10.5 Å². The van der Waals surface area contributed by atoms with E-state index in [4.69, 9.17) is 0 Å². The van der Waals surface area contributed by atoms with Crippen LogP contribution in [-0.2, 0) is 16.0 Å². The number of nitrogens with one attached hydrogen (secondary N) is 2. The van der Waals surface area contributed by atoms with Gasteiger partial charge in [0.25, 0.3) is 5.91 Å². The molecular formula is C21H25N3O4. The minimum atomic E-state index is -0.830. The number of urea groups is 1. The third kappa shape index (κ3) is 3.19. The Bertz CT molecular complexity index is 855. The molecule has 4 rings (SSSR count). The summed E-state index contributed by atoms with van der Waals surface area (Å²) < 4.78 is 0. The maximum absolute atomic E-state index is 13.0. The van der Waals surface area contributed by atoms with Crippen LogP contribution in [0.3, 0.4) is 0 Å². The molecule has 1 aromatic rings. The fourth-order valence-corrected chi connectivity index (χ4v) is 4.53. The molecule has 2 heterocycles. The number of fused-ring (bicyclic) bond motifs is 1. The topological polar surface area (TPSA) is 95.6 Å². The van der Waals surface area contributed by atoms with Crippen molar-refractivity contribution in [3.05, 3.63) is 29.3 Å². The summed E-state index contributed by atoms with van der Waals surface area (Å²) in [4.78, 5) is 50.7. The van der Waals surface area contributed by atoms with Crippen LogP contribution in [0.25, 0.3) is 0 Å². The van der Waals surface area contributed by atoms with Gasteiger partial charge in [0.15, 0.2) is 5.78 Å². The molecular weight excluding hydrogens is 358 g/mol. The van der Waals surface area contributed by atoms with Gasteiger partial charge in [-0.15, -0.1) is 0 Å². The van der Waals surface area contributed by atoms with Crippen LogP contribution in [0.5, 0.6) is 0 Å². The summed E-state index contributed by atoms with van der Waals surface area (Å²) >= 11 is 0. The molecule has 148 valence electrons. The highest BCUT2D eigenvalue weighted by molar-refractivity contribution is 6.11. The molecule has 4 amide bonds. The Morgan fingerprint density at radius 2 is 1.93 bits per heavy atom. The van der Waals surface area contributed by atoms with E-state index in [0.717, 1.165) is 35.4 Å². The zero-order valence-corrected chi connectivity index (χ0v) is 16.0. The summed E-state index contributed by atoms with van der Waals surface area (Å²) in [6.07, 6.45) is 5.16. The second kappa shape index (κ2) is 7.04. The Balaban J connectivity index is 1.47. The zero-order valence-electron chi connectivity index (χ0n) is 16.0. The smallest absolute Gasteiger partial charge is 0.325 e. The van der Waals surface area contributed by atoms with E-state index in [-0.39, 0.29) is 24.1 Å². The lowest BCUT2D eigenvalue weighted by Gasteiger charge is -2.34. The minimum absolute atomic E-state index is 0.0333. The van der Waals surface area contributed by atoms with Crippen LogP contribution < -0.4 is 10.6 Å². The summed E-state index contributed by atoms with van der Waals surface area (Å²) in [5.41, 5.74) is 1.24. The van der Waals surface area contributed by atoms with Crippen molar-refractivity contribution in [1.82, 2.24) is 10.2 Å². The van der Waals surface area contributed by atoms with Crippen LogP contribution in [0.1, 0.15) is 61.4 Å². The van der Waals surface area contributed by atoms with Gasteiger partial charge in [0.1, 0.15) is 5.54 Å². The molecule has 1 saturated carbocycles. The lowest BCUT2D eigenvalue weighted by atomic mass is 9.75. The molecule has 2 aliphatic heterocycles. The molecule has 1 saturated heterocycles. The van der Waals surface area contributed by atoms with E-state index in [1.54, 1.807) is 18.2 Å². The number of carbonyl (C=O) groups excluding carboxylic acids is 4. The quantitative estimate of drug-likeness (QED) is 0.617. The number of nitrogens with zero attached hydrogens (tertiary/aromatic N) is 1. The van der Waals surface area contributed by atoms with Crippen LogP contribution in [0.15, 0.2) is 18.2 Å². The van der Waals surface area contributed by atoms with E-state index in [2.05, 4.69) is 17.6 Å². The SMILES string of the molecule is CCC1CCC2(CC1)NC(=O)N(CC(=O)c1ccc3c(c1)CCC(=O)N3)C2=O. The first kappa shape index (κ1) is 18.7. The highest BCUT2D eigenvalue weighted by atomic mass is 16.2. The molecule has 2 fully saturated rings. The van der Waals surface area contributed by atoms with Crippen molar-refractivity contribution in [3.63, 3.8) is 0 Å². The van der Waals surface area contributed by atoms with Gasteiger partial charge < -0.3 is 10.6 Å². The molecule has 7 heteroatoms. The average molecular weight is 383 g/mol. The summed E-state index contributed by atoms with van der Waals surface area (Å²) in [5.74, 6) is 0.0177. The van der Waals surface area contributed by atoms with Crippen LogP contribution in [0, 0.1) is 5.92 Å². The van der Waals surface area contributed by atoms with Gasteiger partial charge in [-0.2, -0.15) is 0 Å². The fraction of sp³-hybridized carbons (Fsp3) is 0.524. The Labute approximate surface area is 163 Å². The van der Waals surface area contributed by atoms with E-state index < -0.39 is 11.6 Å². The Kier molecular flexibility index (Phi) is 4.69. The van der Waals surface area contributed by atoms with Gasteiger partial charge in [-0.3, -0.25) is 19.3 Å². The first-order valence-electron chi connectivity index (χ1n) is 10.0. The number of rotatable bonds is 4. The number of aryl methyl sites for hydroxylation is 1. The number of carbonyl (C=O) groups is 4. The predicted molar refractivity (Wildman–Crippen MR) is 103 cm³/mol. The van der Waals surface area contributed by atoms with E-state index in [9.17, 15) is 19.2 Å². The van der Waals surface area contributed by atoms with Gasteiger partial charge in [-0.25, -0.2) is 4.79 Å². The molecule has 1 aliphatic carbocycles. The van der Waals surface area contributed by atoms with Crippen LogP contribution in [-0.4, -0.2) is 40.6 Å².